The van der Waals surface area contributed by atoms with Crippen LogP contribution in [0.5, 0.6) is 0 Å². The minimum atomic E-state index is 0.827. The van der Waals surface area contributed by atoms with Crippen molar-refractivity contribution in [3.63, 3.8) is 0 Å². The molecule has 0 aliphatic carbocycles. The Labute approximate surface area is 103 Å². The third-order valence-electron chi connectivity index (χ3n) is 2.03. The van der Waals surface area contributed by atoms with E-state index in [1.54, 1.807) is 11.8 Å². The fourth-order valence-corrected chi connectivity index (χ4v) is 2.70. The summed E-state index contributed by atoms with van der Waals surface area (Å²) < 4.78 is 0. The first-order valence-corrected chi connectivity index (χ1v) is 7.37. The van der Waals surface area contributed by atoms with E-state index < -0.39 is 0 Å². The van der Waals surface area contributed by atoms with Crippen LogP contribution in [0.15, 0.2) is 35.5 Å². The van der Waals surface area contributed by atoms with E-state index in [9.17, 15) is 0 Å². The van der Waals surface area contributed by atoms with Crippen molar-refractivity contribution in [2.75, 3.05) is 17.8 Å². The van der Waals surface area contributed by atoms with Gasteiger partial charge >= 0.3 is 0 Å². The van der Waals surface area contributed by atoms with E-state index in [-0.39, 0.29) is 0 Å². The van der Waals surface area contributed by atoms with Crippen molar-refractivity contribution in [2.45, 2.75) is 5.16 Å². The molecule has 16 heavy (non-hydrogen) atoms. The van der Waals surface area contributed by atoms with Crippen LogP contribution in [-0.4, -0.2) is 32.9 Å². The Hall–Kier alpha value is -0.940. The molecule has 0 saturated carbocycles. The predicted octanol–water partition coefficient (Wildman–Crippen LogP) is 2.93. The average Bonchev–Trinajstić information content (AvgIpc) is 2.79. The molecule has 0 radical (unpaired) electrons. The Morgan fingerprint density at radius 2 is 2.00 bits per heavy atom. The summed E-state index contributed by atoms with van der Waals surface area (Å²) in [6.07, 6.45) is 2.11. The second-order valence-electron chi connectivity index (χ2n) is 3.17. The van der Waals surface area contributed by atoms with E-state index in [2.05, 4.69) is 21.4 Å². The maximum atomic E-state index is 4.44. The van der Waals surface area contributed by atoms with Crippen LogP contribution in [0, 0.1) is 0 Å². The Morgan fingerprint density at radius 1 is 1.19 bits per heavy atom. The van der Waals surface area contributed by atoms with E-state index in [1.807, 2.05) is 42.1 Å². The van der Waals surface area contributed by atoms with Gasteiger partial charge in [0.2, 0.25) is 5.16 Å². The van der Waals surface area contributed by atoms with Gasteiger partial charge in [0.25, 0.3) is 0 Å². The SMILES string of the molecule is CSCCSc1n[nH]c(-c2ccccc2)n1. The van der Waals surface area contributed by atoms with Gasteiger partial charge in [0.15, 0.2) is 5.82 Å². The molecule has 0 saturated heterocycles. The fourth-order valence-electron chi connectivity index (χ4n) is 1.25. The van der Waals surface area contributed by atoms with E-state index in [4.69, 9.17) is 0 Å². The normalized spacial score (nSPS) is 10.6. The zero-order valence-corrected chi connectivity index (χ0v) is 10.6. The van der Waals surface area contributed by atoms with Gasteiger partial charge in [-0.3, -0.25) is 5.10 Å². The van der Waals surface area contributed by atoms with Crippen molar-refractivity contribution < 1.29 is 0 Å². The maximum Gasteiger partial charge on any atom is 0.208 e. The highest BCUT2D eigenvalue weighted by Gasteiger charge is 2.04. The highest BCUT2D eigenvalue weighted by molar-refractivity contribution is 8.02. The molecule has 0 atom stereocenters. The number of H-pyrrole nitrogens is 1. The molecular weight excluding hydrogens is 238 g/mol. The highest BCUT2D eigenvalue weighted by atomic mass is 32.2. The van der Waals surface area contributed by atoms with Gasteiger partial charge in [-0.05, 0) is 6.26 Å². The predicted molar refractivity (Wildman–Crippen MR) is 70.9 cm³/mol. The summed E-state index contributed by atoms with van der Waals surface area (Å²) in [4.78, 5) is 4.44. The minimum Gasteiger partial charge on any atom is -0.258 e. The third-order valence-corrected chi connectivity index (χ3v) is 3.75. The van der Waals surface area contributed by atoms with Crippen LogP contribution in [0.4, 0.5) is 0 Å². The Balaban J connectivity index is 2.02. The Kier molecular flexibility index (Phi) is 4.30. The number of aromatic amines is 1. The Morgan fingerprint density at radius 3 is 2.75 bits per heavy atom. The lowest BCUT2D eigenvalue weighted by Gasteiger charge is -1.93. The summed E-state index contributed by atoms with van der Waals surface area (Å²) in [5.74, 6) is 3.01. The van der Waals surface area contributed by atoms with Crippen LogP contribution in [0.2, 0.25) is 0 Å². The zero-order chi connectivity index (χ0) is 11.2. The first-order valence-electron chi connectivity index (χ1n) is 4.99. The van der Waals surface area contributed by atoms with Gasteiger partial charge in [-0.25, -0.2) is 4.98 Å². The van der Waals surface area contributed by atoms with E-state index in [0.29, 0.717) is 0 Å². The molecular formula is C11H13N3S2. The molecule has 1 N–H and O–H groups in total. The van der Waals surface area contributed by atoms with Crippen molar-refractivity contribution >= 4 is 23.5 Å². The molecule has 0 fully saturated rings. The fraction of sp³-hybridized carbons (Fsp3) is 0.273. The number of rotatable bonds is 5. The van der Waals surface area contributed by atoms with Crippen LogP contribution >= 0.6 is 23.5 Å². The summed E-state index contributed by atoms with van der Waals surface area (Å²) in [5, 5.41) is 7.97. The Bertz CT molecular complexity index is 428. The number of aromatic nitrogens is 3. The lowest BCUT2D eigenvalue weighted by molar-refractivity contribution is 0.974. The van der Waals surface area contributed by atoms with E-state index in [1.165, 1.54) is 0 Å². The molecule has 0 spiro atoms. The summed E-state index contributed by atoms with van der Waals surface area (Å²) >= 11 is 3.52. The van der Waals surface area contributed by atoms with Crippen molar-refractivity contribution in [2.24, 2.45) is 0 Å². The van der Waals surface area contributed by atoms with Gasteiger partial charge in [-0.2, -0.15) is 11.8 Å². The van der Waals surface area contributed by atoms with Crippen molar-refractivity contribution in [3.05, 3.63) is 30.3 Å². The molecule has 2 rings (SSSR count). The number of nitrogens with zero attached hydrogens (tertiary/aromatic N) is 2. The van der Waals surface area contributed by atoms with Crippen LogP contribution in [0.3, 0.4) is 0 Å². The van der Waals surface area contributed by atoms with Gasteiger partial charge in [-0.15, -0.1) is 5.10 Å². The van der Waals surface area contributed by atoms with Crippen LogP contribution in [-0.2, 0) is 0 Å². The number of thioether (sulfide) groups is 2. The molecule has 0 aliphatic heterocycles. The van der Waals surface area contributed by atoms with Crippen LogP contribution < -0.4 is 0 Å². The number of nitrogens with one attached hydrogen (secondary N) is 1. The molecule has 0 bridgehead atoms. The largest absolute Gasteiger partial charge is 0.258 e. The van der Waals surface area contributed by atoms with Gasteiger partial charge in [0, 0.05) is 17.1 Å². The van der Waals surface area contributed by atoms with Crippen molar-refractivity contribution in [1.82, 2.24) is 15.2 Å². The molecule has 0 unspecified atom stereocenters. The van der Waals surface area contributed by atoms with Crippen LogP contribution in [0.1, 0.15) is 0 Å². The van der Waals surface area contributed by atoms with Gasteiger partial charge in [0.1, 0.15) is 0 Å². The van der Waals surface area contributed by atoms with Gasteiger partial charge < -0.3 is 0 Å². The molecule has 5 heteroatoms. The summed E-state index contributed by atoms with van der Waals surface area (Å²) in [6.45, 7) is 0. The minimum absolute atomic E-state index is 0.827. The lowest BCUT2D eigenvalue weighted by Crippen LogP contribution is -1.83. The molecule has 3 nitrogen and oxygen atoms in total. The molecule has 0 aliphatic rings. The summed E-state index contributed by atoms with van der Waals surface area (Å²) in [5.41, 5.74) is 1.08. The third kappa shape index (κ3) is 3.02. The quantitative estimate of drug-likeness (QED) is 0.655. The van der Waals surface area contributed by atoms with E-state index in [0.717, 1.165) is 28.0 Å². The summed E-state index contributed by atoms with van der Waals surface area (Å²) in [7, 11) is 0. The number of hydrogen-bond acceptors (Lipinski definition) is 4. The average molecular weight is 251 g/mol. The molecule has 2 aromatic rings. The van der Waals surface area contributed by atoms with Crippen LogP contribution in [0.25, 0.3) is 11.4 Å². The second kappa shape index (κ2) is 5.96. The van der Waals surface area contributed by atoms with Crippen molar-refractivity contribution in [1.29, 1.82) is 0 Å². The molecule has 1 aromatic carbocycles. The molecule has 1 aromatic heterocycles. The highest BCUT2D eigenvalue weighted by Crippen LogP contribution is 2.19. The monoisotopic (exact) mass is 251 g/mol. The van der Waals surface area contributed by atoms with Gasteiger partial charge in [-0.1, -0.05) is 42.1 Å². The first kappa shape index (κ1) is 11.5. The van der Waals surface area contributed by atoms with Crippen molar-refractivity contribution in [3.8, 4) is 11.4 Å². The lowest BCUT2D eigenvalue weighted by atomic mass is 10.2. The second-order valence-corrected chi connectivity index (χ2v) is 5.22. The number of hydrogen-bond donors (Lipinski definition) is 1. The van der Waals surface area contributed by atoms with E-state index >= 15 is 0 Å². The molecule has 84 valence electrons. The maximum absolute atomic E-state index is 4.44. The molecule has 1 heterocycles. The first-order chi connectivity index (χ1) is 7.90. The van der Waals surface area contributed by atoms with Gasteiger partial charge in [0.05, 0.1) is 0 Å². The number of benzene rings is 1. The summed E-state index contributed by atoms with van der Waals surface area (Å²) in [6, 6.07) is 10.0. The zero-order valence-electron chi connectivity index (χ0n) is 9.01. The standard InChI is InChI=1S/C11H13N3S2/c1-15-7-8-16-11-12-10(13-14-11)9-5-3-2-4-6-9/h2-6H,7-8H2,1H3,(H,12,13,14). The topological polar surface area (TPSA) is 41.6 Å². The molecule has 0 amide bonds. The smallest absolute Gasteiger partial charge is 0.208 e.